The van der Waals surface area contributed by atoms with Crippen LogP contribution in [0.1, 0.15) is 46.0 Å². The first-order chi connectivity index (χ1) is 16.2. The molecule has 3 aromatic rings. The van der Waals surface area contributed by atoms with Crippen LogP contribution in [-0.2, 0) is 28.7 Å². The van der Waals surface area contributed by atoms with Crippen LogP contribution >= 0.6 is 11.3 Å². The van der Waals surface area contributed by atoms with E-state index < -0.39 is 23.5 Å². The van der Waals surface area contributed by atoms with E-state index in [-0.39, 0.29) is 36.9 Å². The molecule has 2 amide bonds. The molecule has 0 saturated carbocycles. The Balaban J connectivity index is 1.38. The Kier molecular flexibility index (Phi) is 7.02. The monoisotopic (exact) mass is 490 g/mol. The van der Waals surface area contributed by atoms with Gasteiger partial charge >= 0.3 is 6.18 Å². The third-order valence-corrected chi connectivity index (χ3v) is 6.74. The summed E-state index contributed by atoms with van der Waals surface area (Å²) >= 11 is 1.66. The number of nitrogens with one attached hydrogen (secondary N) is 1. The lowest BCUT2D eigenvalue weighted by molar-refractivity contribution is -0.138. The van der Waals surface area contributed by atoms with Gasteiger partial charge < -0.3 is 10.2 Å². The molecule has 1 N–H and O–H groups in total. The maximum Gasteiger partial charge on any atom is 0.416 e. The topological polar surface area (TPSA) is 49.4 Å². The van der Waals surface area contributed by atoms with Crippen LogP contribution in [-0.4, -0.2) is 23.3 Å². The van der Waals surface area contributed by atoms with Crippen molar-refractivity contribution >= 4 is 23.2 Å². The van der Waals surface area contributed by atoms with Gasteiger partial charge in [0, 0.05) is 30.8 Å². The smallest absolute Gasteiger partial charge is 0.352 e. The fraction of sp³-hybridized carbons (Fsp3) is 0.280. The lowest BCUT2D eigenvalue weighted by Crippen LogP contribution is -2.40. The third kappa shape index (κ3) is 5.47. The summed E-state index contributed by atoms with van der Waals surface area (Å²) in [5.41, 5.74) is 0.965. The van der Waals surface area contributed by atoms with Gasteiger partial charge in [-0.25, -0.2) is 4.39 Å². The molecule has 1 unspecified atom stereocenters. The summed E-state index contributed by atoms with van der Waals surface area (Å²) in [6, 6.07) is 13.6. The summed E-state index contributed by atoms with van der Waals surface area (Å²) in [5, 5.41) is 4.49. The van der Waals surface area contributed by atoms with Crippen LogP contribution in [0.2, 0.25) is 0 Å². The largest absolute Gasteiger partial charge is 0.416 e. The average molecular weight is 491 g/mol. The highest BCUT2D eigenvalue weighted by molar-refractivity contribution is 7.10. The number of halogens is 4. The zero-order chi connectivity index (χ0) is 24.3. The molecule has 0 radical (unpaired) electrons. The number of rotatable bonds is 6. The van der Waals surface area contributed by atoms with Crippen molar-refractivity contribution < 1.29 is 27.2 Å². The number of thiophene rings is 1. The van der Waals surface area contributed by atoms with Gasteiger partial charge in [0.05, 0.1) is 11.6 Å². The fourth-order valence-corrected chi connectivity index (χ4v) is 5.05. The van der Waals surface area contributed by atoms with Crippen molar-refractivity contribution in [2.75, 3.05) is 6.54 Å². The Morgan fingerprint density at radius 1 is 1.06 bits per heavy atom. The van der Waals surface area contributed by atoms with E-state index in [1.54, 1.807) is 16.2 Å². The second-order valence-electron chi connectivity index (χ2n) is 8.07. The van der Waals surface area contributed by atoms with Gasteiger partial charge in [-0.05, 0) is 52.8 Å². The quantitative estimate of drug-likeness (QED) is 0.466. The highest BCUT2D eigenvalue weighted by Gasteiger charge is 2.33. The summed E-state index contributed by atoms with van der Waals surface area (Å²) in [6.45, 7) is 0.277. The van der Waals surface area contributed by atoms with E-state index in [0.717, 1.165) is 29.7 Å². The third-order valence-electron chi connectivity index (χ3n) is 5.74. The van der Waals surface area contributed by atoms with Crippen molar-refractivity contribution in [3.05, 3.63) is 92.9 Å². The van der Waals surface area contributed by atoms with E-state index in [1.165, 1.54) is 4.88 Å². The number of alkyl halides is 3. The molecule has 0 bridgehead atoms. The van der Waals surface area contributed by atoms with E-state index in [2.05, 4.69) is 5.32 Å². The molecule has 178 valence electrons. The minimum atomic E-state index is -4.68. The molecule has 4 rings (SSSR count). The first-order valence-electron chi connectivity index (χ1n) is 10.8. The average Bonchev–Trinajstić information content (AvgIpc) is 3.29. The molecule has 1 aliphatic rings. The summed E-state index contributed by atoms with van der Waals surface area (Å²) in [7, 11) is 0. The van der Waals surface area contributed by atoms with Gasteiger partial charge in [-0.1, -0.05) is 30.3 Å². The molecule has 2 aromatic carbocycles. The van der Waals surface area contributed by atoms with Crippen molar-refractivity contribution in [3.63, 3.8) is 0 Å². The number of fused-ring (bicyclic) bond motifs is 1. The molecule has 4 nitrogen and oxygen atoms in total. The summed E-state index contributed by atoms with van der Waals surface area (Å²) in [6.07, 6.45) is -4.09. The van der Waals surface area contributed by atoms with Gasteiger partial charge in [0.15, 0.2) is 0 Å². The first-order valence-corrected chi connectivity index (χ1v) is 11.6. The molecule has 1 aromatic heterocycles. The van der Waals surface area contributed by atoms with E-state index in [4.69, 9.17) is 0 Å². The number of nitrogens with zero attached hydrogens (tertiary/aromatic N) is 1. The van der Waals surface area contributed by atoms with Crippen molar-refractivity contribution in [1.29, 1.82) is 0 Å². The second kappa shape index (κ2) is 9.97. The highest BCUT2D eigenvalue weighted by Crippen LogP contribution is 2.38. The predicted molar refractivity (Wildman–Crippen MR) is 121 cm³/mol. The van der Waals surface area contributed by atoms with Gasteiger partial charge in [-0.15, -0.1) is 11.3 Å². The van der Waals surface area contributed by atoms with E-state index in [1.807, 2.05) is 41.8 Å². The van der Waals surface area contributed by atoms with Crippen molar-refractivity contribution in [3.8, 4) is 0 Å². The summed E-state index contributed by atoms with van der Waals surface area (Å²) < 4.78 is 52.1. The molecule has 0 aliphatic carbocycles. The number of hydrogen-bond acceptors (Lipinski definition) is 3. The van der Waals surface area contributed by atoms with E-state index in [0.29, 0.717) is 12.6 Å². The first kappa shape index (κ1) is 23.9. The molecule has 9 heteroatoms. The molecule has 2 heterocycles. The maximum absolute atomic E-state index is 13.5. The van der Waals surface area contributed by atoms with Crippen LogP contribution in [0.3, 0.4) is 0 Å². The molecule has 0 fully saturated rings. The lowest BCUT2D eigenvalue weighted by atomic mass is 9.93. The van der Waals surface area contributed by atoms with E-state index >= 15 is 0 Å². The van der Waals surface area contributed by atoms with Crippen LogP contribution in [0, 0.1) is 5.82 Å². The highest BCUT2D eigenvalue weighted by atomic mass is 32.1. The Labute approximate surface area is 198 Å². The molecule has 1 aliphatic heterocycles. The molecule has 1 atom stereocenters. The van der Waals surface area contributed by atoms with Crippen LogP contribution in [0.15, 0.2) is 60.0 Å². The second-order valence-corrected chi connectivity index (χ2v) is 9.07. The van der Waals surface area contributed by atoms with Crippen LogP contribution < -0.4 is 5.32 Å². The van der Waals surface area contributed by atoms with Crippen molar-refractivity contribution in [2.24, 2.45) is 0 Å². The van der Waals surface area contributed by atoms with Gasteiger partial charge in [-0.2, -0.15) is 13.2 Å². The van der Waals surface area contributed by atoms with Gasteiger partial charge in [0.2, 0.25) is 11.8 Å². The van der Waals surface area contributed by atoms with Crippen LogP contribution in [0.5, 0.6) is 0 Å². The Morgan fingerprint density at radius 3 is 2.56 bits per heavy atom. The van der Waals surface area contributed by atoms with Crippen molar-refractivity contribution in [2.45, 2.75) is 38.0 Å². The zero-order valence-corrected chi connectivity index (χ0v) is 18.9. The Morgan fingerprint density at radius 2 is 1.82 bits per heavy atom. The van der Waals surface area contributed by atoms with Crippen LogP contribution in [0.4, 0.5) is 17.6 Å². The minimum Gasteiger partial charge on any atom is -0.352 e. The number of carbonyl (C=O) groups is 2. The maximum atomic E-state index is 13.5. The molecular weight excluding hydrogens is 468 g/mol. The summed E-state index contributed by atoms with van der Waals surface area (Å²) in [4.78, 5) is 28.4. The molecule has 0 spiro atoms. The number of amides is 2. The molecule has 0 saturated heterocycles. The minimum absolute atomic E-state index is 0.00263. The number of benzene rings is 2. The van der Waals surface area contributed by atoms with E-state index in [9.17, 15) is 27.2 Å². The summed E-state index contributed by atoms with van der Waals surface area (Å²) in [5.74, 6) is -1.69. The molecular formula is C25H22F4N2O2S. The number of carbonyl (C=O) groups excluding carboxylic acids is 2. The number of hydrogen-bond donors (Lipinski definition) is 1. The Bertz CT molecular complexity index is 1180. The fourth-order valence-electron chi connectivity index (χ4n) is 4.15. The normalized spacial score (nSPS) is 15.6. The SMILES string of the molecule is O=C(CCC(=O)N1CCc2sccc2C1c1ccccc1)NCc1cc(F)cc(C(F)(F)F)c1. The zero-order valence-electron chi connectivity index (χ0n) is 18.1. The Hall–Kier alpha value is -3.20. The van der Waals surface area contributed by atoms with Crippen LogP contribution in [0.25, 0.3) is 0 Å². The lowest BCUT2D eigenvalue weighted by Gasteiger charge is -2.36. The predicted octanol–water partition coefficient (Wildman–Crippen LogP) is 5.48. The van der Waals surface area contributed by atoms with Gasteiger partial charge in [0.25, 0.3) is 0 Å². The van der Waals surface area contributed by atoms with Gasteiger partial charge in [-0.3, -0.25) is 9.59 Å². The standard InChI is InChI=1S/C25H22F4N2O2S/c26-19-13-16(12-18(14-19)25(27,28)29)15-30-22(32)6-7-23(33)31-10-8-21-20(9-11-34-21)24(31)17-4-2-1-3-5-17/h1-5,9,11-14,24H,6-8,10,15H2,(H,30,32). The van der Waals surface area contributed by atoms with Gasteiger partial charge in [0.1, 0.15) is 5.82 Å². The van der Waals surface area contributed by atoms with Crippen molar-refractivity contribution in [1.82, 2.24) is 10.2 Å². The molecule has 34 heavy (non-hydrogen) atoms.